The van der Waals surface area contributed by atoms with E-state index in [0.29, 0.717) is 18.8 Å². The van der Waals surface area contributed by atoms with E-state index in [1.807, 2.05) is 0 Å². The van der Waals surface area contributed by atoms with Gasteiger partial charge in [0.05, 0.1) is 28.8 Å². The zero-order valence-electron chi connectivity index (χ0n) is 14.5. The average molecular weight is 413 g/mol. The maximum Gasteiger partial charge on any atom is 0.255 e. The van der Waals surface area contributed by atoms with Gasteiger partial charge in [0, 0.05) is 18.7 Å². The molecule has 27 heavy (non-hydrogen) atoms. The Morgan fingerprint density at radius 1 is 1.19 bits per heavy atom. The molecule has 1 N–H and O–H groups in total. The third-order valence-electron chi connectivity index (χ3n) is 4.22. The molecule has 1 fully saturated rings. The predicted molar refractivity (Wildman–Crippen MR) is 100 cm³/mol. The molecular weight excluding hydrogens is 395 g/mol. The summed E-state index contributed by atoms with van der Waals surface area (Å²) in [5.74, 6) is -1.06. The standard InChI is InChI=1S/C18H18ClFN2O4S/c1-12-2-3-13(18(23)21-16-5-4-14(20)11-15(16)19)10-17(12)27(24,25)22-6-8-26-9-7-22/h2-5,10-11H,6-9H2,1H3,(H,21,23). The van der Waals surface area contributed by atoms with E-state index in [2.05, 4.69) is 5.32 Å². The molecule has 3 rings (SSSR count). The van der Waals surface area contributed by atoms with E-state index in [1.54, 1.807) is 13.0 Å². The number of hydrogen-bond donors (Lipinski definition) is 1. The van der Waals surface area contributed by atoms with Crippen LogP contribution in [-0.4, -0.2) is 44.9 Å². The summed E-state index contributed by atoms with van der Waals surface area (Å²) in [5.41, 5.74) is 0.937. The monoisotopic (exact) mass is 412 g/mol. The second-order valence-electron chi connectivity index (χ2n) is 6.08. The Bertz CT molecular complexity index is 975. The fourth-order valence-corrected chi connectivity index (χ4v) is 4.60. The van der Waals surface area contributed by atoms with Crippen molar-refractivity contribution in [3.8, 4) is 0 Å². The minimum atomic E-state index is -3.74. The van der Waals surface area contributed by atoms with Gasteiger partial charge in [0.2, 0.25) is 10.0 Å². The van der Waals surface area contributed by atoms with Crippen LogP contribution in [0.5, 0.6) is 0 Å². The third-order valence-corrected chi connectivity index (χ3v) is 6.57. The molecule has 2 aromatic rings. The molecule has 1 heterocycles. The van der Waals surface area contributed by atoms with Gasteiger partial charge in [0.1, 0.15) is 5.82 Å². The molecule has 9 heteroatoms. The first-order chi connectivity index (χ1) is 12.8. The molecule has 1 amide bonds. The summed E-state index contributed by atoms with van der Waals surface area (Å²) in [6.07, 6.45) is 0. The Morgan fingerprint density at radius 2 is 1.89 bits per heavy atom. The lowest BCUT2D eigenvalue weighted by Crippen LogP contribution is -2.40. The molecular formula is C18H18ClFN2O4S. The predicted octanol–water partition coefficient (Wildman–Crippen LogP) is 3.06. The number of halogens is 2. The highest BCUT2D eigenvalue weighted by Crippen LogP contribution is 2.25. The molecule has 0 spiro atoms. The molecule has 0 bridgehead atoms. The first kappa shape index (κ1) is 19.8. The van der Waals surface area contributed by atoms with Crippen LogP contribution in [0.2, 0.25) is 5.02 Å². The molecule has 0 aliphatic carbocycles. The van der Waals surface area contributed by atoms with Crippen molar-refractivity contribution in [1.29, 1.82) is 0 Å². The molecule has 6 nitrogen and oxygen atoms in total. The van der Waals surface area contributed by atoms with Crippen molar-refractivity contribution in [2.24, 2.45) is 0 Å². The number of benzene rings is 2. The number of carbonyl (C=O) groups excluding carboxylic acids is 1. The van der Waals surface area contributed by atoms with E-state index in [0.717, 1.165) is 6.07 Å². The van der Waals surface area contributed by atoms with E-state index in [9.17, 15) is 17.6 Å². The molecule has 2 aromatic carbocycles. The third kappa shape index (κ3) is 4.30. The normalized spacial score (nSPS) is 15.5. The maximum atomic E-state index is 13.1. The number of amides is 1. The smallest absolute Gasteiger partial charge is 0.255 e. The second-order valence-corrected chi connectivity index (χ2v) is 8.39. The lowest BCUT2D eigenvalue weighted by molar-refractivity contribution is 0.0730. The Hall–Kier alpha value is -2.00. The molecule has 0 saturated carbocycles. The van der Waals surface area contributed by atoms with Gasteiger partial charge >= 0.3 is 0 Å². The molecule has 144 valence electrons. The second kappa shape index (κ2) is 7.93. The first-order valence-electron chi connectivity index (χ1n) is 8.24. The first-order valence-corrected chi connectivity index (χ1v) is 10.1. The van der Waals surface area contributed by atoms with Crippen LogP contribution in [0.3, 0.4) is 0 Å². The highest BCUT2D eigenvalue weighted by Gasteiger charge is 2.28. The van der Waals surface area contributed by atoms with Crippen molar-refractivity contribution in [3.05, 3.63) is 58.4 Å². The lowest BCUT2D eigenvalue weighted by Gasteiger charge is -2.26. The Morgan fingerprint density at radius 3 is 2.56 bits per heavy atom. The molecule has 0 radical (unpaired) electrons. The van der Waals surface area contributed by atoms with Gasteiger partial charge in [0.15, 0.2) is 0 Å². The minimum Gasteiger partial charge on any atom is -0.379 e. The quantitative estimate of drug-likeness (QED) is 0.837. The number of sulfonamides is 1. The molecule has 0 aromatic heterocycles. The van der Waals surface area contributed by atoms with E-state index in [4.69, 9.17) is 16.3 Å². The van der Waals surface area contributed by atoms with E-state index in [1.165, 1.54) is 28.6 Å². The van der Waals surface area contributed by atoms with Crippen molar-refractivity contribution < 1.29 is 22.3 Å². The number of nitrogens with zero attached hydrogens (tertiary/aromatic N) is 1. The zero-order valence-corrected chi connectivity index (χ0v) is 16.1. The van der Waals surface area contributed by atoms with Crippen LogP contribution in [0.25, 0.3) is 0 Å². The topological polar surface area (TPSA) is 75.7 Å². The van der Waals surface area contributed by atoms with Crippen LogP contribution in [-0.2, 0) is 14.8 Å². The molecule has 1 aliphatic rings. The van der Waals surface area contributed by atoms with Crippen LogP contribution >= 0.6 is 11.6 Å². The number of ether oxygens (including phenoxy) is 1. The van der Waals surface area contributed by atoms with E-state index in [-0.39, 0.29) is 34.3 Å². The van der Waals surface area contributed by atoms with Crippen LogP contribution in [0.15, 0.2) is 41.3 Å². The van der Waals surface area contributed by atoms with Crippen molar-refractivity contribution in [1.82, 2.24) is 4.31 Å². The largest absolute Gasteiger partial charge is 0.379 e. The van der Waals surface area contributed by atoms with Crippen molar-refractivity contribution in [2.45, 2.75) is 11.8 Å². The van der Waals surface area contributed by atoms with Crippen LogP contribution in [0.4, 0.5) is 10.1 Å². The number of hydrogen-bond acceptors (Lipinski definition) is 4. The van der Waals surface area contributed by atoms with Crippen LogP contribution in [0.1, 0.15) is 15.9 Å². The van der Waals surface area contributed by atoms with Crippen LogP contribution in [0, 0.1) is 12.7 Å². The summed E-state index contributed by atoms with van der Waals surface area (Å²) in [7, 11) is -3.74. The van der Waals surface area contributed by atoms with E-state index >= 15 is 0 Å². The van der Waals surface area contributed by atoms with Gasteiger partial charge < -0.3 is 10.1 Å². The fourth-order valence-electron chi connectivity index (χ4n) is 2.73. The van der Waals surface area contributed by atoms with Gasteiger partial charge in [-0.15, -0.1) is 0 Å². The summed E-state index contributed by atoms with van der Waals surface area (Å²) in [6.45, 7) is 2.88. The number of rotatable bonds is 4. The number of anilines is 1. The van der Waals surface area contributed by atoms with Crippen LogP contribution < -0.4 is 5.32 Å². The highest BCUT2D eigenvalue weighted by molar-refractivity contribution is 7.89. The number of nitrogens with one attached hydrogen (secondary N) is 1. The Balaban J connectivity index is 1.89. The summed E-state index contributed by atoms with van der Waals surface area (Å²) >= 11 is 5.92. The van der Waals surface area contributed by atoms with Gasteiger partial charge in [-0.05, 0) is 42.8 Å². The number of carbonyl (C=O) groups is 1. The summed E-state index contributed by atoms with van der Waals surface area (Å²) < 4.78 is 45.5. The van der Waals surface area contributed by atoms with Gasteiger partial charge in [-0.1, -0.05) is 17.7 Å². The number of aryl methyl sites for hydroxylation is 1. The molecule has 1 saturated heterocycles. The average Bonchev–Trinajstić information content (AvgIpc) is 2.65. The van der Waals surface area contributed by atoms with Gasteiger partial charge in [-0.25, -0.2) is 12.8 Å². The maximum absolute atomic E-state index is 13.1. The fraction of sp³-hybridized carbons (Fsp3) is 0.278. The Labute approximate surface area is 161 Å². The van der Waals surface area contributed by atoms with Gasteiger partial charge in [-0.2, -0.15) is 4.31 Å². The zero-order chi connectivity index (χ0) is 19.6. The van der Waals surface area contributed by atoms with Crippen molar-refractivity contribution in [3.63, 3.8) is 0 Å². The number of morpholine rings is 1. The van der Waals surface area contributed by atoms with Gasteiger partial charge in [0.25, 0.3) is 5.91 Å². The van der Waals surface area contributed by atoms with Crippen molar-refractivity contribution >= 4 is 33.2 Å². The lowest BCUT2D eigenvalue weighted by atomic mass is 10.1. The van der Waals surface area contributed by atoms with E-state index < -0.39 is 21.7 Å². The molecule has 0 unspecified atom stereocenters. The summed E-state index contributed by atoms with van der Waals surface area (Å²) in [6, 6.07) is 8.04. The summed E-state index contributed by atoms with van der Waals surface area (Å²) in [4.78, 5) is 12.6. The molecule has 0 atom stereocenters. The van der Waals surface area contributed by atoms with Crippen molar-refractivity contribution in [2.75, 3.05) is 31.6 Å². The minimum absolute atomic E-state index is 0.0524. The molecule has 1 aliphatic heterocycles. The highest BCUT2D eigenvalue weighted by atomic mass is 35.5. The SMILES string of the molecule is Cc1ccc(C(=O)Nc2ccc(F)cc2Cl)cc1S(=O)(=O)N1CCOCC1. The van der Waals surface area contributed by atoms with Gasteiger partial charge in [-0.3, -0.25) is 4.79 Å². The summed E-state index contributed by atoms with van der Waals surface area (Å²) in [5, 5.41) is 2.62. The Kier molecular flexibility index (Phi) is 5.81.